The molecule has 12 heteroatoms. The minimum atomic E-state index is -1.07. The minimum absolute atomic E-state index is 0.0585. The van der Waals surface area contributed by atoms with Gasteiger partial charge in [0.1, 0.15) is 12.1 Å². The molecule has 50 heavy (non-hydrogen) atoms. The molecule has 0 radical (unpaired) electrons. The molecular formula is C38H64N6O6. The van der Waals surface area contributed by atoms with E-state index < -0.39 is 47.2 Å². The van der Waals surface area contributed by atoms with Crippen LogP contribution in [0.5, 0.6) is 0 Å². The van der Waals surface area contributed by atoms with Crippen molar-refractivity contribution in [2.24, 2.45) is 39.2 Å². The first-order chi connectivity index (χ1) is 23.2. The molecule has 3 saturated carbocycles. The Bertz CT molecular complexity index is 1330. The predicted octanol–water partition coefficient (Wildman–Crippen LogP) is 3.36. The molecule has 5 amide bonds. The van der Waals surface area contributed by atoms with E-state index in [2.05, 4.69) is 62.4 Å². The van der Waals surface area contributed by atoms with Crippen LogP contribution in [0.2, 0.25) is 0 Å². The number of fused-ring (bicyclic) bond motifs is 1. The summed E-state index contributed by atoms with van der Waals surface area (Å²) in [4.78, 5) is 71.7. The van der Waals surface area contributed by atoms with E-state index in [1.165, 1.54) is 0 Å². The molecule has 282 valence electrons. The number of primary amides is 1. The number of likely N-dealkylation sites (tertiary alicyclic amines) is 1. The van der Waals surface area contributed by atoms with Crippen molar-refractivity contribution in [3.8, 4) is 0 Å². The number of carbonyl (C=O) groups is 5. The molecule has 5 fully saturated rings. The van der Waals surface area contributed by atoms with Crippen LogP contribution in [0.15, 0.2) is 0 Å². The van der Waals surface area contributed by atoms with Gasteiger partial charge in [-0.2, -0.15) is 0 Å². The number of nitrogens with zero attached hydrogens (tertiary/aromatic N) is 2. The van der Waals surface area contributed by atoms with Crippen molar-refractivity contribution in [1.82, 2.24) is 25.8 Å². The number of urea groups is 1. The molecule has 2 spiro atoms. The van der Waals surface area contributed by atoms with E-state index >= 15 is 0 Å². The van der Waals surface area contributed by atoms with Crippen molar-refractivity contribution < 1.29 is 28.7 Å². The smallest absolute Gasteiger partial charge is 0.315 e. The van der Waals surface area contributed by atoms with Crippen LogP contribution in [0.4, 0.5) is 4.79 Å². The molecular weight excluding hydrogens is 636 g/mol. The van der Waals surface area contributed by atoms with Crippen LogP contribution in [0, 0.1) is 33.5 Å². The summed E-state index contributed by atoms with van der Waals surface area (Å²) in [7, 11) is 0. The normalized spacial score (nSPS) is 30.6. The first-order valence-corrected chi connectivity index (χ1v) is 19.1. The first kappa shape index (κ1) is 38.5. The Morgan fingerprint density at radius 1 is 0.920 bits per heavy atom. The van der Waals surface area contributed by atoms with E-state index in [-0.39, 0.29) is 52.2 Å². The zero-order chi connectivity index (χ0) is 37.0. The fraction of sp³-hybridized carbons (Fsp3) is 0.868. The van der Waals surface area contributed by atoms with E-state index in [0.29, 0.717) is 25.9 Å². The monoisotopic (exact) mass is 700 g/mol. The average molecular weight is 701 g/mol. The summed E-state index contributed by atoms with van der Waals surface area (Å²) in [6, 6.07) is -3.35. The Hall–Kier alpha value is -2.73. The molecule has 5 rings (SSSR count). The standard InChI is InChI=1S/C38H64N6O6/c1-22(2)27(20-43-18-23(3)50-24(4)19-43)41-34(49)42-30(35(5,6)7)33(48)44-21-38(36(8,9)37(38)14-11-15-37)17-28(44)32(47)40-26(29(45)31(39)46)16-25-12-10-13-25/h22-28,30H,10-21H2,1-9H3,(H2,39,46)(H,40,47)(H2,41,42,49)/t23-,24+,26?,27-,28?,30+,38?/m1/s1. The molecule has 3 unspecified atom stereocenters. The van der Waals surface area contributed by atoms with Gasteiger partial charge in [0.05, 0.1) is 18.2 Å². The highest BCUT2D eigenvalue weighted by atomic mass is 16.5. The third kappa shape index (κ3) is 7.04. The van der Waals surface area contributed by atoms with Crippen LogP contribution >= 0.6 is 0 Å². The summed E-state index contributed by atoms with van der Waals surface area (Å²) in [6.45, 7) is 21.2. The van der Waals surface area contributed by atoms with Gasteiger partial charge in [-0.05, 0) is 67.6 Å². The SMILES string of the molecule is CC(C)[C@@H](CN1C[C@@H](C)O[C@@H](C)C1)NC(=O)N[C@@H](C(=O)N1CC2(CC1C(=O)NC(CC1CCC1)C(=O)C(N)=O)C(C)(C)C21CCC1)C(C)(C)C. The van der Waals surface area contributed by atoms with Crippen molar-refractivity contribution in [2.75, 3.05) is 26.2 Å². The van der Waals surface area contributed by atoms with Gasteiger partial charge >= 0.3 is 6.03 Å². The molecule has 7 atom stereocenters. The molecule has 5 N–H and O–H groups in total. The van der Waals surface area contributed by atoms with E-state index in [0.717, 1.165) is 51.6 Å². The Morgan fingerprint density at radius 3 is 2.00 bits per heavy atom. The van der Waals surface area contributed by atoms with Crippen LogP contribution in [0.1, 0.15) is 114 Å². The van der Waals surface area contributed by atoms with Gasteiger partial charge in [-0.3, -0.25) is 24.1 Å². The number of hydrogen-bond acceptors (Lipinski definition) is 7. The highest BCUT2D eigenvalue weighted by Gasteiger charge is 2.85. The highest BCUT2D eigenvalue weighted by molar-refractivity contribution is 6.37. The maximum atomic E-state index is 14.8. The van der Waals surface area contributed by atoms with Gasteiger partial charge in [0.15, 0.2) is 0 Å². The summed E-state index contributed by atoms with van der Waals surface area (Å²) in [5, 5.41) is 9.08. The quantitative estimate of drug-likeness (QED) is 0.227. The van der Waals surface area contributed by atoms with Gasteiger partial charge in [-0.15, -0.1) is 0 Å². The largest absolute Gasteiger partial charge is 0.373 e. The summed E-state index contributed by atoms with van der Waals surface area (Å²) in [5.41, 5.74) is 4.50. The fourth-order valence-electron chi connectivity index (χ4n) is 10.1. The van der Waals surface area contributed by atoms with Gasteiger partial charge in [0.25, 0.3) is 5.91 Å². The molecule has 5 aliphatic rings. The number of morpholine rings is 1. The molecule has 0 aromatic heterocycles. The number of rotatable bonds is 12. The predicted molar refractivity (Wildman–Crippen MR) is 191 cm³/mol. The van der Waals surface area contributed by atoms with Crippen LogP contribution in [-0.4, -0.2) is 102 Å². The average Bonchev–Trinajstić information content (AvgIpc) is 3.18. The number of hydrogen-bond donors (Lipinski definition) is 4. The fourth-order valence-corrected chi connectivity index (χ4v) is 10.1. The van der Waals surface area contributed by atoms with Crippen molar-refractivity contribution in [1.29, 1.82) is 0 Å². The molecule has 12 nitrogen and oxygen atoms in total. The number of ketones is 1. The third-order valence-corrected chi connectivity index (χ3v) is 13.5. The van der Waals surface area contributed by atoms with Gasteiger partial charge in [-0.1, -0.05) is 74.1 Å². The van der Waals surface area contributed by atoms with Gasteiger partial charge in [-0.25, -0.2) is 4.79 Å². The van der Waals surface area contributed by atoms with Gasteiger partial charge in [0, 0.05) is 37.6 Å². The van der Waals surface area contributed by atoms with E-state index in [4.69, 9.17) is 10.5 Å². The number of amides is 5. The second-order valence-electron chi connectivity index (χ2n) is 18.4. The first-order valence-electron chi connectivity index (χ1n) is 19.1. The van der Waals surface area contributed by atoms with Crippen molar-refractivity contribution in [3.05, 3.63) is 0 Å². The topological polar surface area (TPSA) is 163 Å². The molecule has 0 aromatic rings. The van der Waals surface area contributed by atoms with E-state index in [1.807, 2.05) is 20.8 Å². The Morgan fingerprint density at radius 2 is 1.54 bits per heavy atom. The third-order valence-electron chi connectivity index (χ3n) is 13.5. The van der Waals surface area contributed by atoms with Gasteiger partial charge < -0.3 is 31.3 Å². The number of nitrogens with one attached hydrogen (secondary N) is 3. The van der Waals surface area contributed by atoms with Crippen LogP contribution in [0.3, 0.4) is 0 Å². The van der Waals surface area contributed by atoms with Crippen molar-refractivity contribution >= 4 is 29.5 Å². The van der Waals surface area contributed by atoms with E-state index in [9.17, 15) is 24.0 Å². The maximum Gasteiger partial charge on any atom is 0.315 e. The van der Waals surface area contributed by atoms with E-state index in [1.54, 1.807) is 4.90 Å². The lowest BCUT2D eigenvalue weighted by atomic mass is 9.73. The molecule has 0 bridgehead atoms. The van der Waals surface area contributed by atoms with Crippen LogP contribution < -0.4 is 21.7 Å². The zero-order valence-corrected chi connectivity index (χ0v) is 32.0. The summed E-state index contributed by atoms with van der Waals surface area (Å²) in [5.74, 6) is -2.22. The summed E-state index contributed by atoms with van der Waals surface area (Å²) in [6.07, 6.45) is 7.23. The summed E-state index contributed by atoms with van der Waals surface area (Å²) < 4.78 is 5.90. The van der Waals surface area contributed by atoms with Crippen LogP contribution in [0.25, 0.3) is 0 Å². The number of ether oxygens (including phenoxy) is 1. The summed E-state index contributed by atoms with van der Waals surface area (Å²) >= 11 is 0. The second kappa shape index (κ2) is 14.0. The highest BCUT2D eigenvalue weighted by Crippen LogP contribution is 2.88. The molecule has 2 saturated heterocycles. The molecule has 0 aromatic carbocycles. The van der Waals surface area contributed by atoms with Crippen LogP contribution in [-0.2, 0) is 23.9 Å². The minimum Gasteiger partial charge on any atom is -0.373 e. The Kier molecular flexibility index (Phi) is 10.8. The molecule has 3 aliphatic carbocycles. The number of Topliss-reactive ketones (excluding diaryl/α,β-unsaturated/α-hetero) is 1. The molecule has 2 aliphatic heterocycles. The van der Waals surface area contributed by atoms with Crippen molar-refractivity contribution in [3.63, 3.8) is 0 Å². The lowest BCUT2D eigenvalue weighted by molar-refractivity contribution is -0.143. The molecule has 2 heterocycles. The Balaban J connectivity index is 1.36. The zero-order valence-electron chi connectivity index (χ0n) is 32.0. The second-order valence-corrected chi connectivity index (χ2v) is 18.4. The maximum absolute atomic E-state index is 14.8. The Labute approximate surface area is 299 Å². The van der Waals surface area contributed by atoms with Gasteiger partial charge in [0.2, 0.25) is 17.6 Å². The number of carbonyl (C=O) groups excluding carboxylic acids is 5. The van der Waals surface area contributed by atoms with Crippen molar-refractivity contribution in [2.45, 2.75) is 150 Å². The lowest BCUT2D eigenvalue weighted by Crippen LogP contribution is -2.61. The lowest BCUT2D eigenvalue weighted by Gasteiger charge is -2.39. The number of nitrogens with two attached hydrogens (primary N) is 1.